The summed E-state index contributed by atoms with van der Waals surface area (Å²) >= 11 is 11.8. The maximum absolute atomic E-state index is 12.3. The molecule has 4 nitrogen and oxygen atoms in total. The van der Waals surface area contributed by atoms with Crippen molar-refractivity contribution in [2.45, 2.75) is 6.92 Å². The van der Waals surface area contributed by atoms with Crippen LogP contribution in [0.5, 0.6) is 0 Å². The highest BCUT2D eigenvalue weighted by molar-refractivity contribution is 6.42. The molecule has 0 spiro atoms. The quantitative estimate of drug-likeness (QED) is 0.582. The van der Waals surface area contributed by atoms with Gasteiger partial charge in [0.25, 0.3) is 11.8 Å². The second kappa shape index (κ2) is 8.25. The van der Waals surface area contributed by atoms with Crippen LogP contribution in [0.4, 0.5) is 11.4 Å². The molecule has 0 heterocycles. The van der Waals surface area contributed by atoms with E-state index in [1.807, 2.05) is 25.1 Å². The topological polar surface area (TPSA) is 58.2 Å². The number of rotatable bonds is 4. The molecule has 6 heteroatoms. The number of nitrogens with one attached hydrogen (secondary N) is 2. The minimum atomic E-state index is -0.301. The van der Waals surface area contributed by atoms with Crippen LogP contribution in [-0.2, 0) is 0 Å². The molecule has 2 amide bonds. The maximum Gasteiger partial charge on any atom is 0.255 e. The van der Waals surface area contributed by atoms with E-state index in [0.29, 0.717) is 32.5 Å². The van der Waals surface area contributed by atoms with Gasteiger partial charge in [-0.05, 0) is 61.5 Å². The Labute approximate surface area is 167 Å². The van der Waals surface area contributed by atoms with Gasteiger partial charge in [-0.1, -0.05) is 40.9 Å². The number of halogens is 2. The molecular weight excluding hydrogens is 383 g/mol. The molecule has 0 aliphatic carbocycles. The van der Waals surface area contributed by atoms with Crippen LogP contribution in [-0.4, -0.2) is 11.8 Å². The van der Waals surface area contributed by atoms with Crippen LogP contribution in [0, 0.1) is 6.92 Å². The molecule has 3 aromatic rings. The first-order valence-electron chi connectivity index (χ1n) is 8.17. The number of benzene rings is 3. The zero-order chi connectivity index (χ0) is 19.4. The summed E-state index contributed by atoms with van der Waals surface area (Å²) in [6.07, 6.45) is 0. The van der Waals surface area contributed by atoms with E-state index in [4.69, 9.17) is 23.2 Å². The summed E-state index contributed by atoms with van der Waals surface area (Å²) in [5.41, 5.74) is 3.24. The highest BCUT2D eigenvalue weighted by Crippen LogP contribution is 2.23. The highest BCUT2D eigenvalue weighted by atomic mass is 35.5. The Morgan fingerprint density at radius 1 is 0.704 bits per heavy atom. The van der Waals surface area contributed by atoms with E-state index in [0.717, 1.165) is 5.56 Å². The van der Waals surface area contributed by atoms with Crippen LogP contribution >= 0.6 is 23.2 Å². The number of anilines is 2. The van der Waals surface area contributed by atoms with Crippen LogP contribution in [0.15, 0.2) is 66.7 Å². The fourth-order valence-corrected chi connectivity index (χ4v) is 2.77. The van der Waals surface area contributed by atoms with Crippen molar-refractivity contribution in [2.75, 3.05) is 10.6 Å². The van der Waals surface area contributed by atoms with Crippen LogP contribution in [0.2, 0.25) is 10.0 Å². The molecule has 3 aromatic carbocycles. The minimum absolute atomic E-state index is 0.189. The van der Waals surface area contributed by atoms with Gasteiger partial charge in [-0.25, -0.2) is 0 Å². The minimum Gasteiger partial charge on any atom is -0.322 e. The van der Waals surface area contributed by atoms with Crippen LogP contribution in [0.1, 0.15) is 26.3 Å². The van der Waals surface area contributed by atoms with Gasteiger partial charge in [-0.15, -0.1) is 0 Å². The summed E-state index contributed by atoms with van der Waals surface area (Å²) in [5.74, 6) is -0.489. The molecule has 0 aliphatic heterocycles. The summed E-state index contributed by atoms with van der Waals surface area (Å²) < 4.78 is 0. The van der Waals surface area contributed by atoms with Gasteiger partial charge in [0.15, 0.2) is 0 Å². The number of carbonyl (C=O) groups excluding carboxylic acids is 2. The lowest BCUT2D eigenvalue weighted by Gasteiger charge is -2.09. The Morgan fingerprint density at radius 3 is 1.78 bits per heavy atom. The van der Waals surface area contributed by atoms with Crippen LogP contribution in [0.3, 0.4) is 0 Å². The summed E-state index contributed by atoms with van der Waals surface area (Å²) in [4.78, 5) is 24.5. The predicted molar refractivity (Wildman–Crippen MR) is 110 cm³/mol. The van der Waals surface area contributed by atoms with Gasteiger partial charge < -0.3 is 10.6 Å². The molecule has 0 bridgehead atoms. The Morgan fingerprint density at radius 2 is 1.26 bits per heavy atom. The molecule has 2 N–H and O–H groups in total. The number of aryl methyl sites for hydroxylation is 1. The highest BCUT2D eigenvalue weighted by Gasteiger charge is 2.09. The van der Waals surface area contributed by atoms with Gasteiger partial charge in [0.2, 0.25) is 0 Å². The lowest BCUT2D eigenvalue weighted by molar-refractivity contribution is 0.101. The first-order chi connectivity index (χ1) is 12.9. The molecule has 136 valence electrons. The molecule has 0 unspecified atom stereocenters. The normalized spacial score (nSPS) is 10.3. The second-order valence-electron chi connectivity index (χ2n) is 5.98. The fraction of sp³-hybridized carbons (Fsp3) is 0.0476. The van der Waals surface area contributed by atoms with Crippen molar-refractivity contribution in [3.63, 3.8) is 0 Å². The van der Waals surface area contributed by atoms with Crippen LogP contribution in [0.25, 0.3) is 0 Å². The molecule has 0 aliphatic rings. The van der Waals surface area contributed by atoms with Gasteiger partial charge in [-0.2, -0.15) is 0 Å². The first-order valence-corrected chi connectivity index (χ1v) is 8.92. The molecule has 0 saturated heterocycles. The average molecular weight is 399 g/mol. The summed E-state index contributed by atoms with van der Waals surface area (Å²) in [5, 5.41) is 6.31. The Bertz CT molecular complexity index is 1000. The number of hydrogen-bond acceptors (Lipinski definition) is 2. The summed E-state index contributed by atoms with van der Waals surface area (Å²) in [6, 6.07) is 18.9. The van der Waals surface area contributed by atoms with E-state index < -0.39 is 0 Å². The lowest BCUT2D eigenvalue weighted by atomic mass is 10.1. The predicted octanol–water partition coefficient (Wildman–Crippen LogP) is 5.81. The number of hydrogen-bond donors (Lipinski definition) is 2. The van der Waals surface area contributed by atoms with E-state index in [-0.39, 0.29) is 11.8 Å². The zero-order valence-corrected chi connectivity index (χ0v) is 15.9. The molecule has 3 rings (SSSR count). The van der Waals surface area contributed by atoms with E-state index >= 15 is 0 Å². The van der Waals surface area contributed by atoms with E-state index in [9.17, 15) is 9.59 Å². The van der Waals surface area contributed by atoms with Gasteiger partial charge >= 0.3 is 0 Å². The third-order valence-corrected chi connectivity index (χ3v) is 4.60. The van der Waals surface area contributed by atoms with Gasteiger partial charge in [-0.3, -0.25) is 9.59 Å². The standard InChI is InChI=1S/C21H16Cl2N2O2/c1-13-3-2-4-14(11-13)20(26)24-16-6-8-17(9-7-16)25-21(27)15-5-10-18(22)19(23)12-15/h2-12H,1H3,(H,24,26)(H,25,27). The van der Waals surface area contributed by atoms with Crippen molar-refractivity contribution < 1.29 is 9.59 Å². The fourth-order valence-electron chi connectivity index (χ4n) is 2.47. The summed E-state index contributed by atoms with van der Waals surface area (Å²) in [6.45, 7) is 1.93. The van der Waals surface area contributed by atoms with E-state index in [2.05, 4.69) is 10.6 Å². The first kappa shape index (κ1) is 19.0. The van der Waals surface area contributed by atoms with E-state index in [1.165, 1.54) is 6.07 Å². The van der Waals surface area contributed by atoms with Gasteiger partial charge in [0.1, 0.15) is 0 Å². The molecule has 27 heavy (non-hydrogen) atoms. The third-order valence-electron chi connectivity index (χ3n) is 3.86. The molecule has 0 saturated carbocycles. The Hall–Kier alpha value is -2.82. The zero-order valence-electron chi connectivity index (χ0n) is 14.4. The van der Waals surface area contributed by atoms with Gasteiger partial charge in [0, 0.05) is 22.5 Å². The van der Waals surface area contributed by atoms with E-state index in [1.54, 1.807) is 42.5 Å². The summed E-state index contributed by atoms with van der Waals surface area (Å²) in [7, 11) is 0. The average Bonchev–Trinajstić information content (AvgIpc) is 2.65. The second-order valence-corrected chi connectivity index (χ2v) is 6.80. The van der Waals surface area contributed by atoms with Crippen molar-refractivity contribution >= 4 is 46.4 Å². The van der Waals surface area contributed by atoms with Crippen molar-refractivity contribution in [1.29, 1.82) is 0 Å². The molecule has 0 aromatic heterocycles. The Kier molecular flexibility index (Phi) is 5.79. The molecular formula is C21H16Cl2N2O2. The Balaban J connectivity index is 1.65. The van der Waals surface area contributed by atoms with Gasteiger partial charge in [0.05, 0.1) is 10.0 Å². The monoisotopic (exact) mass is 398 g/mol. The molecule has 0 radical (unpaired) electrons. The third kappa shape index (κ3) is 4.88. The van der Waals surface area contributed by atoms with Crippen molar-refractivity contribution in [2.24, 2.45) is 0 Å². The van der Waals surface area contributed by atoms with Crippen molar-refractivity contribution in [3.05, 3.63) is 93.5 Å². The largest absolute Gasteiger partial charge is 0.322 e. The van der Waals surface area contributed by atoms with Crippen molar-refractivity contribution in [1.82, 2.24) is 0 Å². The lowest BCUT2D eigenvalue weighted by Crippen LogP contribution is -2.13. The maximum atomic E-state index is 12.3. The number of carbonyl (C=O) groups is 2. The SMILES string of the molecule is Cc1cccc(C(=O)Nc2ccc(NC(=O)c3ccc(Cl)c(Cl)c3)cc2)c1. The van der Waals surface area contributed by atoms with Crippen molar-refractivity contribution in [3.8, 4) is 0 Å². The molecule has 0 atom stereocenters. The van der Waals surface area contributed by atoms with Crippen LogP contribution < -0.4 is 10.6 Å². The molecule has 0 fully saturated rings. The smallest absolute Gasteiger partial charge is 0.255 e. The number of amides is 2.